The molecule has 7 heteroatoms. The Bertz CT molecular complexity index is 699. The van der Waals surface area contributed by atoms with Gasteiger partial charge in [-0.1, -0.05) is 11.8 Å². The van der Waals surface area contributed by atoms with Crippen molar-refractivity contribution < 1.29 is 18.3 Å². The summed E-state index contributed by atoms with van der Waals surface area (Å²) in [7, 11) is 3.16. The fraction of sp³-hybridized carbons (Fsp3) is 0.200. The normalized spacial score (nSPS) is 11.3. The quantitative estimate of drug-likeness (QED) is 0.462. The summed E-state index contributed by atoms with van der Waals surface area (Å²) in [6.45, 7) is 0. The number of alkyl halides is 2. The predicted molar refractivity (Wildman–Crippen MR) is 81.4 cm³/mol. The topological polar surface area (TPSA) is 44.1 Å². The molecule has 0 radical (unpaired) electrons. The number of benzene rings is 1. The molecule has 0 spiro atoms. The monoisotopic (exact) mass is 324 g/mol. The van der Waals surface area contributed by atoms with Crippen LogP contribution in [0.4, 0.5) is 8.78 Å². The van der Waals surface area contributed by atoms with Gasteiger partial charge in [0.1, 0.15) is 5.75 Å². The number of aryl methyl sites for hydroxylation is 1. The van der Waals surface area contributed by atoms with Gasteiger partial charge in [-0.05, 0) is 30.4 Å². The Kier molecular flexibility index (Phi) is 5.32. The van der Waals surface area contributed by atoms with Gasteiger partial charge in [-0.15, -0.1) is 0 Å². The van der Waals surface area contributed by atoms with Crippen LogP contribution in [-0.2, 0) is 7.05 Å². The molecule has 0 aliphatic rings. The zero-order valence-corrected chi connectivity index (χ0v) is 12.8. The smallest absolute Gasteiger partial charge is 0.289 e. The molecule has 0 saturated heterocycles. The van der Waals surface area contributed by atoms with Crippen LogP contribution >= 0.6 is 11.8 Å². The number of hydrogen-bond donors (Lipinski definition) is 0. The Balaban J connectivity index is 2.17. The van der Waals surface area contributed by atoms with E-state index >= 15 is 0 Å². The Hall–Kier alpha value is -2.15. The number of carbonyl (C=O) groups excluding carboxylic acids is 1. The first kappa shape index (κ1) is 16.2. The predicted octanol–water partition coefficient (Wildman–Crippen LogP) is 3.64. The Labute approximate surface area is 130 Å². The zero-order valence-electron chi connectivity index (χ0n) is 12.0. The van der Waals surface area contributed by atoms with Crippen LogP contribution in [0.5, 0.6) is 5.75 Å². The van der Waals surface area contributed by atoms with Crippen LogP contribution in [0.25, 0.3) is 6.08 Å². The summed E-state index contributed by atoms with van der Waals surface area (Å²) in [6, 6.07) is 4.42. The number of allylic oxidation sites excluding steroid dienone is 1. The van der Waals surface area contributed by atoms with Gasteiger partial charge < -0.3 is 4.74 Å². The number of rotatable bonds is 6. The highest BCUT2D eigenvalue weighted by molar-refractivity contribution is 7.99. The fourth-order valence-electron chi connectivity index (χ4n) is 1.81. The minimum atomic E-state index is -2.54. The van der Waals surface area contributed by atoms with Crippen molar-refractivity contribution in [2.75, 3.05) is 7.11 Å². The SMILES string of the molecule is COc1cc(C(=O)/C=C/c2cnn(C)c2)ccc1SC(F)F. The molecule has 0 aliphatic heterocycles. The van der Waals surface area contributed by atoms with Crippen molar-refractivity contribution in [1.82, 2.24) is 9.78 Å². The largest absolute Gasteiger partial charge is 0.496 e. The summed E-state index contributed by atoms with van der Waals surface area (Å²) in [5.74, 6) is -2.53. The molecule has 2 aromatic rings. The number of nitrogens with zero attached hydrogens (tertiary/aromatic N) is 2. The third-order valence-electron chi connectivity index (χ3n) is 2.82. The number of carbonyl (C=O) groups is 1. The van der Waals surface area contributed by atoms with E-state index in [0.29, 0.717) is 22.2 Å². The molecule has 1 heterocycles. The van der Waals surface area contributed by atoms with Crippen LogP contribution in [0, 0.1) is 0 Å². The first-order chi connectivity index (χ1) is 10.5. The Morgan fingerprint density at radius 1 is 1.45 bits per heavy atom. The van der Waals surface area contributed by atoms with Gasteiger partial charge in [0.15, 0.2) is 5.78 Å². The molecule has 0 N–H and O–H groups in total. The van der Waals surface area contributed by atoms with Crippen molar-refractivity contribution in [3.05, 3.63) is 47.8 Å². The first-order valence-electron chi connectivity index (χ1n) is 6.33. The molecule has 0 amide bonds. The van der Waals surface area contributed by atoms with Gasteiger partial charge in [0.25, 0.3) is 5.76 Å². The molecule has 4 nitrogen and oxygen atoms in total. The van der Waals surface area contributed by atoms with Crippen LogP contribution in [-0.4, -0.2) is 28.4 Å². The summed E-state index contributed by atoms with van der Waals surface area (Å²) in [4.78, 5) is 12.4. The average molecular weight is 324 g/mol. The van der Waals surface area contributed by atoms with Crippen LogP contribution in [0.15, 0.2) is 41.6 Å². The highest BCUT2D eigenvalue weighted by Crippen LogP contribution is 2.34. The lowest BCUT2D eigenvalue weighted by Crippen LogP contribution is -1.97. The molecule has 0 atom stereocenters. The first-order valence-corrected chi connectivity index (χ1v) is 7.21. The van der Waals surface area contributed by atoms with Crippen molar-refractivity contribution in [3.8, 4) is 5.75 Å². The molecule has 1 aromatic carbocycles. The molecule has 0 aliphatic carbocycles. The van der Waals surface area contributed by atoms with Crippen LogP contribution in [0.3, 0.4) is 0 Å². The molecule has 1 aromatic heterocycles. The highest BCUT2D eigenvalue weighted by Gasteiger charge is 2.13. The molecule has 22 heavy (non-hydrogen) atoms. The van der Waals surface area contributed by atoms with Crippen LogP contribution < -0.4 is 4.74 Å². The second-order valence-corrected chi connectivity index (χ2v) is 5.42. The third kappa shape index (κ3) is 4.17. The van der Waals surface area contributed by atoms with Gasteiger partial charge in [0.05, 0.1) is 18.2 Å². The second-order valence-electron chi connectivity index (χ2n) is 4.39. The van der Waals surface area contributed by atoms with E-state index in [0.717, 1.165) is 5.56 Å². The summed E-state index contributed by atoms with van der Waals surface area (Å²) < 4.78 is 31.5. The number of thioether (sulfide) groups is 1. The maximum Gasteiger partial charge on any atom is 0.289 e. The molecule has 0 fully saturated rings. The summed E-state index contributed by atoms with van der Waals surface area (Å²) in [5.41, 5.74) is 1.17. The molecule has 0 bridgehead atoms. The highest BCUT2D eigenvalue weighted by atomic mass is 32.2. The maximum atomic E-state index is 12.4. The number of hydrogen-bond acceptors (Lipinski definition) is 4. The summed E-state index contributed by atoms with van der Waals surface area (Å²) in [5, 5.41) is 3.99. The zero-order chi connectivity index (χ0) is 16.1. The van der Waals surface area contributed by atoms with Gasteiger partial charge in [-0.2, -0.15) is 13.9 Å². The second kappa shape index (κ2) is 7.22. The van der Waals surface area contributed by atoms with Crippen molar-refractivity contribution in [3.63, 3.8) is 0 Å². The molecule has 116 valence electrons. The van der Waals surface area contributed by atoms with E-state index in [1.807, 2.05) is 0 Å². The minimum absolute atomic E-state index is 0.240. The lowest BCUT2D eigenvalue weighted by molar-refractivity contribution is 0.104. The van der Waals surface area contributed by atoms with E-state index in [1.54, 1.807) is 30.2 Å². The van der Waals surface area contributed by atoms with E-state index in [1.165, 1.54) is 31.4 Å². The van der Waals surface area contributed by atoms with Gasteiger partial charge >= 0.3 is 0 Å². The van der Waals surface area contributed by atoms with E-state index in [-0.39, 0.29) is 11.5 Å². The molecular formula is C15H14F2N2O2S. The maximum absolute atomic E-state index is 12.4. The van der Waals surface area contributed by atoms with Gasteiger partial charge in [-0.3, -0.25) is 9.48 Å². The van der Waals surface area contributed by atoms with Crippen LogP contribution in [0.1, 0.15) is 15.9 Å². The fourth-order valence-corrected chi connectivity index (χ4v) is 2.41. The summed E-state index contributed by atoms with van der Waals surface area (Å²) >= 11 is 0.384. The number of aromatic nitrogens is 2. The van der Waals surface area contributed by atoms with E-state index < -0.39 is 5.76 Å². The van der Waals surface area contributed by atoms with Crippen molar-refractivity contribution in [2.24, 2.45) is 7.05 Å². The van der Waals surface area contributed by atoms with Crippen molar-refractivity contribution in [1.29, 1.82) is 0 Å². The molecular weight excluding hydrogens is 310 g/mol. The summed E-state index contributed by atoms with van der Waals surface area (Å²) in [6.07, 6.45) is 6.45. The standard InChI is InChI=1S/C15H14F2N2O2S/c1-19-9-10(8-18-19)3-5-12(20)11-4-6-14(22-15(16)17)13(7-11)21-2/h3-9,15H,1-2H3/b5-3+. The lowest BCUT2D eigenvalue weighted by atomic mass is 10.1. The van der Waals surface area contributed by atoms with E-state index in [4.69, 9.17) is 4.74 Å². The number of ether oxygens (including phenoxy) is 1. The third-order valence-corrected chi connectivity index (χ3v) is 3.59. The lowest BCUT2D eigenvalue weighted by Gasteiger charge is -2.08. The van der Waals surface area contributed by atoms with Gasteiger partial charge in [0, 0.05) is 24.4 Å². The van der Waals surface area contributed by atoms with Crippen molar-refractivity contribution >= 4 is 23.6 Å². The van der Waals surface area contributed by atoms with Gasteiger partial charge in [0.2, 0.25) is 0 Å². The Morgan fingerprint density at radius 2 is 2.23 bits per heavy atom. The Morgan fingerprint density at radius 3 is 2.82 bits per heavy atom. The van der Waals surface area contributed by atoms with Crippen molar-refractivity contribution in [2.45, 2.75) is 10.7 Å². The number of ketones is 1. The molecule has 0 saturated carbocycles. The average Bonchev–Trinajstić information content (AvgIpc) is 2.90. The van der Waals surface area contributed by atoms with E-state index in [9.17, 15) is 13.6 Å². The molecule has 2 rings (SSSR count). The van der Waals surface area contributed by atoms with Crippen LogP contribution in [0.2, 0.25) is 0 Å². The molecule has 0 unspecified atom stereocenters. The number of halogens is 2. The number of methoxy groups -OCH3 is 1. The minimum Gasteiger partial charge on any atom is -0.496 e. The van der Waals surface area contributed by atoms with E-state index in [2.05, 4.69) is 5.10 Å². The van der Waals surface area contributed by atoms with Gasteiger partial charge in [-0.25, -0.2) is 0 Å².